The van der Waals surface area contributed by atoms with Gasteiger partial charge in [-0.15, -0.1) is 0 Å². The van der Waals surface area contributed by atoms with Crippen LogP contribution in [0.4, 0.5) is 5.82 Å². The van der Waals surface area contributed by atoms with Crippen LogP contribution in [0.15, 0.2) is 54.7 Å². The number of likely N-dealkylation sites (tertiary alicyclic amines) is 2. The summed E-state index contributed by atoms with van der Waals surface area (Å²) in [6.45, 7) is 3.36. The summed E-state index contributed by atoms with van der Waals surface area (Å²) >= 11 is 0. The molecule has 1 aromatic heterocycles. The van der Waals surface area contributed by atoms with Gasteiger partial charge in [0.1, 0.15) is 17.6 Å². The molecule has 2 N–H and O–H groups in total. The summed E-state index contributed by atoms with van der Waals surface area (Å²) in [5.41, 5.74) is 1.24. The van der Waals surface area contributed by atoms with Crippen molar-refractivity contribution in [3.05, 3.63) is 65.9 Å². The summed E-state index contributed by atoms with van der Waals surface area (Å²) < 4.78 is 0. The van der Waals surface area contributed by atoms with Gasteiger partial charge >= 0.3 is 0 Å². The Morgan fingerprint density at radius 1 is 1.00 bits per heavy atom. The third-order valence-electron chi connectivity index (χ3n) is 7.27. The summed E-state index contributed by atoms with van der Waals surface area (Å²) in [6, 6.07) is 14.0. The normalized spacial score (nSPS) is 18.4. The minimum absolute atomic E-state index is 0.0499. The topological polar surface area (TPSA) is 103 Å². The first kappa shape index (κ1) is 23.8. The fourth-order valence-electron chi connectivity index (χ4n) is 5.25. The standard InChI is InChI=1S/C28H30N4O4/c1-18-10-13-29-24(17-18)30-26(34)20-11-15-31(16-12-20)28(36)23-7-4-14-32(23)27(35)22-9-8-19-5-2-3-6-21(19)25(22)33/h2-3,5-6,8-10,13,17,20,23,33H,4,7,11-12,14-16H2,1H3,(H,29,30,34)/t23-/m1/s1. The Labute approximate surface area is 209 Å². The number of benzene rings is 2. The number of aromatic hydroxyl groups is 1. The number of amides is 3. The Balaban J connectivity index is 1.23. The van der Waals surface area contributed by atoms with Crippen molar-refractivity contribution in [2.24, 2.45) is 5.92 Å². The molecule has 2 saturated heterocycles. The van der Waals surface area contributed by atoms with E-state index in [1.54, 1.807) is 28.1 Å². The van der Waals surface area contributed by atoms with Crippen LogP contribution in [0.5, 0.6) is 5.75 Å². The quantitative estimate of drug-likeness (QED) is 0.585. The van der Waals surface area contributed by atoms with Crippen LogP contribution in [-0.2, 0) is 9.59 Å². The van der Waals surface area contributed by atoms with Crippen molar-refractivity contribution >= 4 is 34.3 Å². The number of anilines is 1. The summed E-state index contributed by atoms with van der Waals surface area (Å²) in [6.07, 6.45) is 4.13. The number of fused-ring (bicyclic) bond motifs is 1. The molecule has 0 unspecified atom stereocenters. The highest BCUT2D eigenvalue weighted by atomic mass is 16.3. The van der Waals surface area contributed by atoms with Crippen molar-refractivity contribution in [2.45, 2.75) is 38.6 Å². The fraction of sp³-hybridized carbons (Fsp3) is 0.357. The molecule has 2 aromatic carbocycles. The Kier molecular flexibility index (Phi) is 6.59. The first-order chi connectivity index (χ1) is 17.4. The number of hydrogen-bond acceptors (Lipinski definition) is 5. The molecular weight excluding hydrogens is 456 g/mol. The van der Waals surface area contributed by atoms with Crippen molar-refractivity contribution in [1.29, 1.82) is 0 Å². The third-order valence-corrected chi connectivity index (χ3v) is 7.27. The van der Waals surface area contributed by atoms with E-state index >= 15 is 0 Å². The number of phenols is 1. The number of carbonyl (C=O) groups excluding carboxylic acids is 3. The first-order valence-corrected chi connectivity index (χ1v) is 12.5. The van der Waals surface area contributed by atoms with Gasteiger partial charge in [-0.05, 0) is 61.8 Å². The van der Waals surface area contributed by atoms with Gasteiger partial charge in [0.2, 0.25) is 11.8 Å². The van der Waals surface area contributed by atoms with E-state index in [1.807, 2.05) is 43.3 Å². The Bertz CT molecular complexity index is 1320. The molecule has 2 aliphatic heterocycles. The van der Waals surface area contributed by atoms with E-state index in [2.05, 4.69) is 10.3 Å². The SMILES string of the molecule is Cc1ccnc(NC(=O)C2CCN(C(=O)[C@H]3CCCN3C(=O)c3ccc4ccccc4c3O)CC2)c1. The fourth-order valence-corrected chi connectivity index (χ4v) is 5.25. The zero-order chi connectivity index (χ0) is 25.2. The predicted octanol–water partition coefficient (Wildman–Crippen LogP) is 3.73. The highest BCUT2D eigenvalue weighted by Gasteiger charge is 2.39. The zero-order valence-electron chi connectivity index (χ0n) is 20.3. The minimum atomic E-state index is -0.551. The van der Waals surface area contributed by atoms with Crippen molar-refractivity contribution in [1.82, 2.24) is 14.8 Å². The molecular formula is C28H30N4O4. The van der Waals surface area contributed by atoms with Gasteiger partial charge in [0, 0.05) is 37.1 Å². The number of pyridine rings is 1. The monoisotopic (exact) mass is 486 g/mol. The molecule has 3 heterocycles. The van der Waals surface area contributed by atoms with Crippen LogP contribution in [0.25, 0.3) is 10.8 Å². The van der Waals surface area contributed by atoms with Crippen LogP contribution in [0.3, 0.4) is 0 Å². The van der Waals surface area contributed by atoms with Crippen molar-refractivity contribution in [3.8, 4) is 5.75 Å². The second kappa shape index (κ2) is 9.97. The number of piperidine rings is 1. The maximum absolute atomic E-state index is 13.4. The molecule has 36 heavy (non-hydrogen) atoms. The molecule has 0 radical (unpaired) electrons. The van der Waals surface area contributed by atoms with E-state index in [4.69, 9.17) is 0 Å². The summed E-state index contributed by atoms with van der Waals surface area (Å²) in [5.74, 6) is -0.187. The molecule has 5 rings (SSSR count). The van der Waals surface area contributed by atoms with Gasteiger partial charge in [-0.1, -0.05) is 30.3 Å². The van der Waals surface area contributed by atoms with Gasteiger partial charge in [0.25, 0.3) is 5.91 Å². The first-order valence-electron chi connectivity index (χ1n) is 12.5. The van der Waals surface area contributed by atoms with Crippen molar-refractivity contribution in [3.63, 3.8) is 0 Å². The summed E-state index contributed by atoms with van der Waals surface area (Å²) in [4.78, 5) is 47.0. The highest BCUT2D eigenvalue weighted by molar-refractivity contribution is 6.05. The number of aromatic nitrogens is 1. The molecule has 2 aliphatic rings. The zero-order valence-corrected chi connectivity index (χ0v) is 20.3. The molecule has 3 amide bonds. The average Bonchev–Trinajstić information content (AvgIpc) is 3.38. The third kappa shape index (κ3) is 4.63. The molecule has 8 heteroatoms. The minimum Gasteiger partial charge on any atom is -0.506 e. The Morgan fingerprint density at radius 3 is 2.56 bits per heavy atom. The van der Waals surface area contributed by atoms with Gasteiger partial charge in [-0.25, -0.2) is 4.98 Å². The molecule has 0 spiro atoms. The van der Waals surface area contributed by atoms with E-state index in [9.17, 15) is 19.5 Å². The number of aryl methyl sites for hydroxylation is 1. The molecule has 0 aliphatic carbocycles. The van der Waals surface area contributed by atoms with Crippen LogP contribution >= 0.6 is 0 Å². The number of hydrogen-bond donors (Lipinski definition) is 2. The number of phenolic OH excluding ortho intramolecular Hbond substituents is 1. The largest absolute Gasteiger partial charge is 0.506 e. The lowest BCUT2D eigenvalue weighted by Crippen LogP contribution is -2.50. The maximum Gasteiger partial charge on any atom is 0.258 e. The van der Waals surface area contributed by atoms with Crippen LogP contribution in [0, 0.1) is 12.8 Å². The molecule has 8 nitrogen and oxygen atoms in total. The van der Waals surface area contributed by atoms with Crippen LogP contribution in [-0.4, -0.2) is 63.3 Å². The Morgan fingerprint density at radius 2 is 1.78 bits per heavy atom. The molecule has 0 saturated carbocycles. The number of rotatable bonds is 4. The summed E-state index contributed by atoms with van der Waals surface area (Å²) in [5, 5.41) is 15.1. The predicted molar refractivity (Wildman–Crippen MR) is 137 cm³/mol. The van der Waals surface area contributed by atoms with Crippen LogP contribution in [0.1, 0.15) is 41.6 Å². The lowest BCUT2D eigenvalue weighted by molar-refractivity contribution is -0.138. The number of nitrogens with one attached hydrogen (secondary N) is 1. The van der Waals surface area contributed by atoms with E-state index in [0.29, 0.717) is 50.1 Å². The molecule has 2 fully saturated rings. The number of carbonyl (C=O) groups is 3. The summed E-state index contributed by atoms with van der Waals surface area (Å²) in [7, 11) is 0. The van der Waals surface area contributed by atoms with E-state index in [-0.39, 0.29) is 35.0 Å². The molecule has 0 bridgehead atoms. The smallest absolute Gasteiger partial charge is 0.258 e. The van der Waals surface area contributed by atoms with Gasteiger partial charge in [0.05, 0.1) is 5.56 Å². The van der Waals surface area contributed by atoms with E-state index in [0.717, 1.165) is 17.4 Å². The molecule has 186 valence electrons. The second-order valence-electron chi connectivity index (χ2n) is 9.65. The number of nitrogens with zero attached hydrogens (tertiary/aromatic N) is 3. The molecule has 1 atom stereocenters. The van der Waals surface area contributed by atoms with E-state index < -0.39 is 6.04 Å². The van der Waals surface area contributed by atoms with Gasteiger partial charge in [-0.3, -0.25) is 14.4 Å². The average molecular weight is 487 g/mol. The molecule has 3 aromatic rings. The van der Waals surface area contributed by atoms with E-state index in [1.165, 1.54) is 0 Å². The van der Waals surface area contributed by atoms with Crippen molar-refractivity contribution in [2.75, 3.05) is 25.0 Å². The lowest BCUT2D eigenvalue weighted by Gasteiger charge is -2.35. The van der Waals surface area contributed by atoms with Gasteiger partial charge < -0.3 is 20.2 Å². The van der Waals surface area contributed by atoms with Gasteiger partial charge in [-0.2, -0.15) is 0 Å². The Hall–Kier alpha value is -3.94. The van der Waals surface area contributed by atoms with Gasteiger partial charge in [0.15, 0.2) is 0 Å². The highest BCUT2D eigenvalue weighted by Crippen LogP contribution is 2.32. The maximum atomic E-state index is 13.4. The second-order valence-corrected chi connectivity index (χ2v) is 9.65. The van der Waals surface area contributed by atoms with Crippen LogP contribution < -0.4 is 5.32 Å². The lowest BCUT2D eigenvalue weighted by atomic mass is 9.95. The van der Waals surface area contributed by atoms with Crippen LogP contribution in [0.2, 0.25) is 0 Å². The van der Waals surface area contributed by atoms with Crippen molar-refractivity contribution < 1.29 is 19.5 Å².